The van der Waals surface area contributed by atoms with Crippen LogP contribution in [0.4, 0.5) is 11.4 Å². The summed E-state index contributed by atoms with van der Waals surface area (Å²) in [6.45, 7) is 4.56. The zero-order valence-corrected chi connectivity index (χ0v) is 15.4. The van der Waals surface area contributed by atoms with Crippen LogP contribution in [0.1, 0.15) is 32.0 Å². The molecule has 4 rings (SSSR count). The highest BCUT2D eigenvalue weighted by atomic mass is 16.1. The van der Waals surface area contributed by atoms with E-state index < -0.39 is 0 Å². The van der Waals surface area contributed by atoms with Crippen LogP contribution >= 0.6 is 0 Å². The second-order valence-corrected chi connectivity index (χ2v) is 6.88. The summed E-state index contributed by atoms with van der Waals surface area (Å²) >= 11 is 0. The maximum Gasteiger partial charge on any atom is 0.323 e. The normalized spacial score (nSPS) is 14.2. The van der Waals surface area contributed by atoms with Gasteiger partial charge in [0.15, 0.2) is 0 Å². The number of nitrogens with one attached hydrogen (secondary N) is 3. The minimum atomic E-state index is -0.243. The number of imidazole rings is 2. The molecular weight excluding hydrogens is 344 g/mol. The molecule has 2 aromatic heterocycles. The summed E-state index contributed by atoms with van der Waals surface area (Å²) in [7, 11) is 0. The SMILES string of the molecule is CCc1nccn1CCC(=O)Nc1cc2[nH]c(=O)[nH]c2cc1N1CCCC1. The molecule has 0 radical (unpaired) electrons. The zero-order chi connectivity index (χ0) is 18.8. The first-order chi connectivity index (χ1) is 13.1. The van der Waals surface area contributed by atoms with Crippen LogP contribution in [0.15, 0.2) is 29.3 Å². The van der Waals surface area contributed by atoms with Crippen LogP contribution in [0.3, 0.4) is 0 Å². The number of H-pyrrole nitrogens is 2. The predicted molar refractivity (Wildman–Crippen MR) is 105 cm³/mol. The fraction of sp³-hybridized carbons (Fsp3) is 0.421. The second-order valence-electron chi connectivity index (χ2n) is 6.88. The van der Waals surface area contributed by atoms with E-state index in [1.165, 1.54) is 0 Å². The van der Waals surface area contributed by atoms with Gasteiger partial charge in [-0.3, -0.25) is 4.79 Å². The van der Waals surface area contributed by atoms with E-state index in [2.05, 4.69) is 25.2 Å². The molecule has 1 aliphatic heterocycles. The lowest BCUT2D eigenvalue weighted by Crippen LogP contribution is -2.21. The van der Waals surface area contributed by atoms with E-state index in [-0.39, 0.29) is 11.6 Å². The number of aryl methyl sites for hydroxylation is 2. The van der Waals surface area contributed by atoms with E-state index >= 15 is 0 Å². The summed E-state index contributed by atoms with van der Waals surface area (Å²) in [5.74, 6) is 0.926. The molecule has 0 aliphatic carbocycles. The largest absolute Gasteiger partial charge is 0.370 e. The number of hydrogen-bond donors (Lipinski definition) is 3. The van der Waals surface area contributed by atoms with Gasteiger partial charge in [-0.1, -0.05) is 6.92 Å². The molecule has 3 aromatic rings. The van der Waals surface area contributed by atoms with Crippen molar-refractivity contribution in [2.45, 2.75) is 39.2 Å². The lowest BCUT2D eigenvalue weighted by atomic mass is 10.2. The smallest absolute Gasteiger partial charge is 0.323 e. The summed E-state index contributed by atoms with van der Waals surface area (Å²) in [6, 6.07) is 3.78. The fourth-order valence-electron chi connectivity index (χ4n) is 3.68. The van der Waals surface area contributed by atoms with Crippen LogP contribution in [0.5, 0.6) is 0 Å². The van der Waals surface area contributed by atoms with Gasteiger partial charge in [-0.05, 0) is 25.0 Å². The summed E-state index contributed by atoms with van der Waals surface area (Å²) < 4.78 is 2.01. The number of aromatic amines is 2. The molecule has 8 heteroatoms. The zero-order valence-electron chi connectivity index (χ0n) is 15.4. The highest BCUT2D eigenvalue weighted by Gasteiger charge is 2.19. The van der Waals surface area contributed by atoms with Gasteiger partial charge in [0.2, 0.25) is 5.91 Å². The van der Waals surface area contributed by atoms with Gasteiger partial charge >= 0.3 is 5.69 Å². The molecule has 0 spiro atoms. The molecule has 1 aromatic carbocycles. The summed E-state index contributed by atoms with van der Waals surface area (Å²) in [6.07, 6.45) is 7.14. The molecule has 1 saturated heterocycles. The molecule has 0 bridgehead atoms. The number of nitrogens with zero attached hydrogens (tertiary/aromatic N) is 3. The average molecular weight is 368 g/mol. The molecule has 142 valence electrons. The Balaban J connectivity index is 1.55. The van der Waals surface area contributed by atoms with Gasteiger partial charge in [-0.2, -0.15) is 0 Å². The minimum absolute atomic E-state index is 0.0524. The number of fused-ring (bicyclic) bond motifs is 1. The molecule has 3 heterocycles. The van der Waals surface area contributed by atoms with Crippen molar-refractivity contribution in [1.29, 1.82) is 0 Å². The van der Waals surface area contributed by atoms with Crippen molar-refractivity contribution in [3.63, 3.8) is 0 Å². The Labute approximate surface area is 156 Å². The van der Waals surface area contributed by atoms with Crippen LogP contribution in [-0.4, -0.2) is 38.5 Å². The third-order valence-corrected chi connectivity index (χ3v) is 5.05. The quantitative estimate of drug-likeness (QED) is 0.621. The van der Waals surface area contributed by atoms with Crippen LogP contribution in [0, 0.1) is 0 Å². The maximum absolute atomic E-state index is 12.6. The average Bonchev–Trinajstić information content (AvgIpc) is 3.38. The van der Waals surface area contributed by atoms with E-state index in [0.717, 1.165) is 55.1 Å². The standard InChI is InChI=1S/C19H24N6O2/c1-2-17-20-6-10-25(17)9-5-18(26)21-15-11-13-14(23-19(27)22-13)12-16(15)24-7-3-4-8-24/h6,10-12H,2-5,7-9H2,1H3,(H,21,26)(H2,22,23,27). The minimum Gasteiger partial charge on any atom is -0.370 e. The Bertz CT molecular complexity index is 1010. The van der Waals surface area contributed by atoms with Crippen LogP contribution in [0.2, 0.25) is 0 Å². The van der Waals surface area contributed by atoms with Crippen LogP contribution < -0.4 is 15.9 Å². The third-order valence-electron chi connectivity index (χ3n) is 5.05. The number of aromatic nitrogens is 4. The molecule has 27 heavy (non-hydrogen) atoms. The van der Waals surface area contributed by atoms with Gasteiger partial charge in [-0.15, -0.1) is 0 Å². The van der Waals surface area contributed by atoms with Crippen molar-refractivity contribution < 1.29 is 4.79 Å². The molecular formula is C19H24N6O2. The second kappa shape index (κ2) is 7.30. The van der Waals surface area contributed by atoms with Crippen molar-refractivity contribution in [2.75, 3.05) is 23.3 Å². The molecule has 1 amide bonds. The van der Waals surface area contributed by atoms with E-state index in [9.17, 15) is 9.59 Å². The van der Waals surface area contributed by atoms with Crippen LogP contribution in [-0.2, 0) is 17.8 Å². The Kier molecular flexibility index (Phi) is 4.70. The van der Waals surface area contributed by atoms with Gasteiger partial charge in [0, 0.05) is 44.9 Å². The monoisotopic (exact) mass is 368 g/mol. The number of rotatable bonds is 6. The Morgan fingerprint density at radius 3 is 2.70 bits per heavy atom. The number of carbonyl (C=O) groups excluding carboxylic acids is 1. The Morgan fingerprint density at radius 1 is 1.22 bits per heavy atom. The van der Waals surface area contributed by atoms with Crippen molar-refractivity contribution >= 4 is 28.3 Å². The highest BCUT2D eigenvalue weighted by Crippen LogP contribution is 2.32. The van der Waals surface area contributed by atoms with Gasteiger partial charge < -0.3 is 24.8 Å². The summed E-state index contributed by atoms with van der Waals surface area (Å²) in [5, 5.41) is 3.04. The first-order valence-electron chi connectivity index (χ1n) is 9.45. The van der Waals surface area contributed by atoms with E-state index in [1.807, 2.05) is 29.8 Å². The number of carbonyl (C=O) groups is 1. The molecule has 3 N–H and O–H groups in total. The van der Waals surface area contributed by atoms with Gasteiger partial charge in [0.05, 0.1) is 22.4 Å². The van der Waals surface area contributed by atoms with E-state index in [4.69, 9.17) is 0 Å². The molecule has 0 saturated carbocycles. The maximum atomic E-state index is 12.6. The van der Waals surface area contributed by atoms with Crippen molar-refractivity contribution in [1.82, 2.24) is 19.5 Å². The first kappa shape index (κ1) is 17.4. The molecule has 1 aliphatic rings. The first-order valence-corrected chi connectivity index (χ1v) is 9.45. The topological polar surface area (TPSA) is 98.8 Å². The third kappa shape index (κ3) is 3.60. The van der Waals surface area contributed by atoms with Gasteiger partial charge in [0.1, 0.15) is 5.82 Å². The van der Waals surface area contributed by atoms with Gasteiger partial charge in [-0.25, -0.2) is 9.78 Å². The van der Waals surface area contributed by atoms with Crippen molar-refractivity contribution in [3.05, 3.63) is 40.8 Å². The van der Waals surface area contributed by atoms with Crippen molar-refractivity contribution in [2.24, 2.45) is 0 Å². The lowest BCUT2D eigenvalue weighted by Gasteiger charge is -2.22. The number of amides is 1. The fourth-order valence-corrected chi connectivity index (χ4v) is 3.68. The number of anilines is 2. The molecule has 1 fully saturated rings. The lowest BCUT2D eigenvalue weighted by molar-refractivity contribution is -0.116. The number of hydrogen-bond acceptors (Lipinski definition) is 4. The van der Waals surface area contributed by atoms with E-state index in [1.54, 1.807) is 6.20 Å². The Morgan fingerprint density at radius 2 is 1.96 bits per heavy atom. The van der Waals surface area contributed by atoms with Crippen LogP contribution in [0.25, 0.3) is 11.0 Å². The summed E-state index contributed by atoms with van der Waals surface area (Å²) in [5.41, 5.74) is 2.91. The molecule has 8 nitrogen and oxygen atoms in total. The van der Waals surface area contributed by atoms with E-state index in [0.29, 0.717) is 18.5 Å². The predicted octanol–water partition coefficient (Wildman–Crippen LogP) is 2.24. The highest BCUT2D eigenvalue weighted by molar-refractivity contribution is 5.98. The van der Waals surface area contributed by atoms with Gasteiger partial charge in [0.25, 0.3) is 0 Å². The van der Waals surface area contributed by atoms with Crippen molar-refractivity contribution in [3.8, 4) is 0 Å². The summed E-state index contributed by atoms with van der Waals surface area (Å²) in [4.78, 5) is 36.3. The number of benzene rings is 1. The Hall–Kier alpha value is -3.03. The molecule has 0 atom stereocenters. The molecule has 0 unspecified atom stereocenters.